The fourth-order valence-electron chi connectivity index (χ4n) is 3.47. The van der Waals surface area contributed by atoms with Crippen molar-refractivity contribution >= 4 is 5.91 Å². The van der Waals surface area contributed by atoms with Gasteiger partial charge in [0.2, 0.25) is 5.91 Å². The lowest BCUT2D eigenvalue weighted by atomic mass is 9.87. The fourth-order valence-corrected chi connectivity index (χ4v) is 3.47. The summed E-state index contributed by atoms with van der Waals surface area (Å²) in [5.41, 5.74) is 0. The third kappa shape index (κ3) is 2.87. The lowest BCUT2D eigenvalue weighted by Gasteiger charge is -2.26. The van der Waals surface area contributed by atoms with E-state index in [-0.39, 0.29) is 12.1 Å². The first kappa shape index (κ1) is 13.6. The van der Waals surface area contributed by atoms with Gasteiger partial charge in [0.15, 0.2) is 0 Å². The maximum Gasteiger partial charge on any atom is 0.235 e. The first-order valence-electron chi connectivity index (χ1n) is 7.74. The molecule has 1 aromatic heterocycles. The van der Waals surface area contributed by atoms with Gasteiger partial charge in [-0.15, -0.1) is 0 Å². The third-order valence-corrected chi connectivity index (χ3v) is 4.66. The molecule has 110 valence electrons. The Kier molecular flexibility index (Phi) is 4.05. The maximum absolute atomic E-state index is 11.7. The van der Waals surface area contributed by atoms with Gasteiger partial charge in [0.05, 0.1) is 6.54 Å². The van der Waals surface area contributed by atoms with Crippen LogP contribution in [0, 0.1) is 5.92 Å². The number of imidazole rings is 1. The van der Waals surface area contributed by atoms with Gasteiger partial charge in [-0.2, -0.15) is 0 Å². The molecule has 1 saturated carbocycles. The van der Waals surface area contributed by atoms with Crippen LogP contribution < -0.4 is 5.32 Å². The van der Waals surface area contributed by atoms with Gasteiger partial charge in [-0.05, 0) is 12.3 Å². The highest BCUT2D eigenvalue weighted by Gasteiger charge is 2.33. The molecule has 1 atom stereocenters. The van der Waals surface area contributed by atoms with E-state index in [2.05, 4.69) is 15.2 Å². The fraction of sp³-hybridized carbons (Fsp3) is 0.733. The van der Waals surface area contributed by atoms with Crippen LogP contribution in [0.2, 0.25) is 0 Å². The summed E-state index contributed by atoms with van der Waals surface area (Å²) in [6.45, 7) is 1.49. The van der Waals surface area contributed by atoms with Crippen molar-refractivity contribution in [1.82, 2.24) is 19.8 Å². The Balaban J connectivity index is 1.61. The summed E-state index contributed by atoms with van der Waals surface area (Å²) in [6.07, 6.45) is 11.8. The van der Waals surface area contributed by atoms with Crippen LogP contribution in [0.15, 0.2) is 12.4 Å². The highest BCUT2D eigenvalue weighted by Crippen LogP contribution is 2.28. The number of rotatable bonds is 4. The molecule has 0 bridgehead atoms. The van der Waals surface area contributed by atoms with Crippen molar-refractivity contribution in [2.45, 2.75) is 44.7 Å². The summed E-state index contributed by atoms with van der Waals surface area (Å²) in [7, 11) is 1.98. The van der Waals surface area contributed by atoms with Gasteiger partial charge >= 0.3 is 0 Å². The number of nitrogens with zero attached hydrogens (tertiary/aromatic N) is 3. The zero-order valence-corrected chi connectivity index (χ0v) is 12.2. The number of hydrogen-bond donors (Lipinski definition) is 1. The van der Waals surface area contributed by atoms with Crippen LogP contribution in [0.5, 0.6) is 0 Å². The molecule has 5 nitrogen and oxygen atoms in total. The standard InChI is InChI=1S/C15H24N4O/c1-18-10-8-16-14(18)15-17-13(20)11-19(15)9-7-12-5-3-2-4-6-12/h8,10,12,15H,2-7,9,11H2,1H3,(H,17,20)/t15-/m1/s1. The number of amides is 1. The van der Waals surface area contributed by atoms with E-state index in [1.54, 1.807) is 6.20 Å². The van der Waals surface area contributed by atoms with Crippen molar-refractivity contribution in [3.05, 3.63) is 18.2 Å². The van der Waals surface area contributed by atoms with E-state index in [1.807, 2.05) is 17.8 Å². The molecule has 5 heteroatoms. The van der Waals surface area contributed by atoms with Crippen LogP contribution >= 0.6 is 0 Å². The molecule has 3 rings (SSSR count). The predicted molar refractivity (Wildman–Crippen MR) is 76.9 cm³/mol. The molecule has 2 aliphatic rings. The normalized spacial score (nSPS) is 25.1. The maximum atomic E-state index is 11.7. The number of nitrogens with one attached hydrogen (secondary N) is 1. The number of aryl methyl sites for hydroxylation is 1. The molecule has 20 heavy (non-hydrogen) atoms. The first-order valence-corrected chi connectivity index (χ1v) is 7.74. The Morgan fingerprint density at radius 2 is 2.15 bits per heavy atom. The van der Waals surface area contributed by atoms with E-state index in [4.69, 9.17) is 0 Å². The van der Waals surface area contributed by atoms with Gasteiger partial charge in [0.25, 0.3) is 0 Å². The van der Waals surface area contributed by atoms with Gasteiger partial charge in [0, 0.05) is 26.0 Å². The molecule has 0 radical (unpaired) electrons. The highest BCUT2D eigenvalue weighted by atomic mass is 16.2. The number of carbonyl (C=O) groups is 1. The number of aromatic nitrogens is 2. The Labute approximate surface area is 120 Å². The Morgan fingerprint density at radius 1 is 1.35 bits per heavy atom. The lowest BCUT2D eigenvalue weighted by molar-refractivity contribution is -0.118. The molecule has 1 aliphatic carbocycles. The minimum atomic E-state index is -0.0499. The Hall–Kier alpha value is -1.36. The van der Waals surface area contributed by atoms with Crippen LogP contribution in [-0.4, -0.2) is 33.4 Å². The van der Waals surface area contributed by atoms with Crippen LogP contribution in [0.3, 0.4) is 0 Å². The van der Waals surface area contributed by atoms with Gasteiger partial charge in [0.1, 0.15) is 12.0 Å². The van der Waals surface area contributed by atoms with E-state index >= 15 is 0 Å². The molecule has 1 saturated heterocycles. The van der Waals surface area contributed by atoms with Crippen molar-refractivity contribution in [2.24, 2.45) is 13.0 Å². The van der Waals surface area contributed by atoms with Gasteiger partial charge in [-0.1, -0.05) is 32.1 Å². The second-order valence-corrected chi connectivity index (χ2v) is 6.13. The monoisotopic (exact) mass is 276 g/mol. The predicted octanol–water partition coefficient (Wildman–Crippen LogP) is 1.82. The second-order valence-electron chi connectivity index (χ2n) is 6.13. The topological polar surface area (TPSA) is 50.2 Å². The van der Waals surface area contributed by atoms with E-state index in [1.165, 1.54) is 38.5 Å². The molecule has 1 N–H and O–H groups in total. The Bertz CT molecular complexity index is 464. The van der Waals surface area contributed by atoms with Gasteiger partial charge in [-0.3, -0.25) is 9.69 Å². The molecule has 1 aromatic rings. The summed E-state index contributed by atoms with van der Waals surface area (Å²) >= 11 is 0. The minimum absolute atomic E-state index is 0.0499. The Morgan fingerprint density at radius 3 is 2.85 bits per heavy atom. The molecule has 2 heterocycles. The summed E-state index contributed by atoms with van der Waals surface area (Å²) in [5.74, 6) is 1.89. The second kappa shape index (κ2) is 5.95. The van der Waals surface area contributed by atoms with E-state index in [9.17, 15) is 4.79 Å². The average molecular weight is 276 g/mol. The third-order valence-electron chi connectivity index (χ3n) is 4.66. The summed E-state index contributed by atoms with van der Waals surface area (Å²) < 4.78 is 1.99. The molecule has 1 aliphatic heterocycles. The lowest BCUT2D eigenvalue weighted by Crippen LogP contribution is -2.31. The number of hydrogen-bond acceptors (Lipinski definition) is 3. The SMILES string of the molecule is Cn1ccnc1[C@@H]1NC(=O)CN1CCC1CCCCC1. The smallest absolute Gasteiger partial charge is 0.235 e. The van der Waals surface area contributed by atoms with Crippen LogP contribution in [-0.2, 0) is 11.8 Å². The molecule has 1 amide bonds. The van der Waals surface area contributed by atoms with Gasteiger partial charge in [-0.25, -0.2) is 4.98 Å². The number of carbonyl (C=O) groups excluding carboxylic acids is 1. The molecule has 0 unspecified atom stereocenters. The summed E-state index contributed by atoms with van der Waals surface area (Å²) in [4.78, 5) is 18.4. The highest BCUT2D eigenvalue weighted by molar-refractivity contribution is 5.80. The first-order chi connectivity index (χ1) is 9.74. The molecular weight excluding hydrogens is 252 g/mol. The van der Waals surface area contributed by atoms with Crippen molar-refractivity contribution in [2.75, 3.05) is 13.1 Å². The summed E-state index contributed by atoms with van der Waals surface area (Å²) in [5, 5.41) is 3.04. The average Bonchev–Trinajstić information content (AvgIpc) is 3.03. The van der Waals surface area contributed by atoms with Crippen molar-refractivity contribution < 1.29 is 4.79 Å². The van der Waals surface area contributed by atoms with Crippen molar-refractivity contribution in [1.29, 1.82) is 0 Å². The quantitative estimate of drug-likeness (QED) is 0.912. The minimum Gasteiger partial charge on any atom is -0.335 e. The van der Waals surface area contributed by atoms with Crippen molar-refractivity contribution in [3.63, 3.8) is 0 Å². The van der Waals surface area contributed by atoms with Crippen LogP contribution in [0.4, 0.5) is 0 Å². The van der Waals surface area contributed by atoms with Crippen molar-refractivity contribution in [3.8, 4) is 0 Å². The van der Waals surface area contributed by atoms with Gasteiger partial charge < -0.3 is 9.88 Å². The molecule has 0 spiro atoms. The molecule has 0 aromatic carbocycles. The van der Waals surface area contributed by atoms with E-state index in [0.717, 1.165) is 18.3 Å². The van der Waals surface area contributed by atoms with Crippen LogP contribution in [0.25, 0.3) is 0 Å². The van der Waals surface area contributed by atoms with Crippen LogP contribution in [0.1, 0.15) is 50.5 Å². The largest absolute Gasteiger partial charge is 0.335 e. The molecular formula is C15H24N4O. The summed E-state index contributed by atoms with van der Waals surface area (Å²) in [6, 6.07) is 0. The zero-order chi connectivity index (χ0) is 13.9. The molecule has 2 fully saturated rings. The zero-order valence-electron chi connectivity index (χ0n) is 12.2. The van der Waals surface area contributed by atoms with E-state index in [0.29, 0.717) is 6.54 Å². The van der Waals surface area contributed by atoms with E-state index < -0.39 is 0 Å².